The van der Waals surface area contributed by atoms with Crippen molar-refractivity contribution in [2.75, 3.05) is 13.2 Å². The monoisotopic (exact) mass is 384 g/mol. The number of allylic oxidation sites excluding steroid dienone is 4. The molecular formula is C21H24F4O2. The molecule has 1 aromatic rings. The highest BCUT2D eigenvalue weighted by Gasteiger charge is 2.36. The van der Waals surface area contributed by atoms with Gasteiger partial charge in [-0.05, 0) is 68.2 Å². The Kier molecular flexibility index (Phi) is 6.45. The molecule has 0 spiro atoms. The predicted octanol–water partition coefficient (Wildman–Crippen LogP) is 5.69. The summed E-state index contributed by atoms with van der Waals surface area (Å²) in [6, 6.07) is 3.84. The molecular weight excluding hydrogens is 360 g/mol. The molecule has 2 aliphatic carbocycles. The van der Waals surface area contributed by atoms with Gasteiger partial charge in [0.15, 0.2) is 23.9 Å². The Morgan fingerprint density at radius 2 is 1.70 bits per heavy atom. The van der Waals surface area contributed by atoms with E-state index in [1.54, 1.807) is 13.0 Å². The molecule has 148 valence electrons. The van der Waals surface area contributed by atoms with E-state index in [9.17, 15) is 17.6 Å². The highest BCUT2D eigenvalue weighted by molar-refractivity contribution is 5.31. The number of hydrogen-bond acceptors (Lipinski definition) is 2. The molecule has 0 heterocycles. The summed E-state index contributed by atoms with van der Waals surface area (Å²) < 4.78 is 66.1. The first-order chi connectivity index (χ1) is 13.0. The summed E-state index contributed by atoms with van der Waals surface area (Å²) in [4.78, 5) is 0. The van der Waals surface area contributed by atoms with Gasteiger partial charge < -0.3 is 9.47 Å². The van der Waals surface area contributed by atoms with Gasteiger partial charge >= 0.3 is 0 Å². The smallest absolute Gasteiger partial charge is 0.200 e. The fraction of sp³-hybridized carbons (Fsp3) is 0.524. The number of benzene rings is 1. The SMILES string of the molecule is CCOC1=CC=C(C2CCC(COc3cccc(F)c3F)CC2)C(F)C1F. The van der Waals surface area contributed by atoms with Gasteiger partial charge in [0, 0.05) is 0 Å². The van der Waals surface area contributed by atoms with Crippen molar-refractivity contribution >= 4 is 0 Å². The van der Waals surface area contributed by atoms with Crippen molar-refractivity contribution in [2.45, 2.75) is 45.0 Å². The molecule has 3 rings (SSSR count). The maximum absolute atomic E-state index is 14.5. The van der Waals surface area contributed by atoms with E-state index in [4.69, 9.17) is 9.47 Å². The molecule has 0 radical (unpaired) electrons. The number of hydrogen-bond donors (Lipinski definition) is 0. The molecule has 6 heteroatoms. The van der Waals surface area contributed by atoms with Crippen LogP contribution in [-0.4, -0.2) is 25.6 Å². The summed E-state index contributed by atoms with van der Waals surface area (Å²) in [5.74, 6) is -1.79. The molecule has 2 unspecified atom stereocenters. The summed E-state index contributed by atoms with van der Waals surface area (Å²) in [7, 11) is 0. The molecule has 0 bridgehead atoms. The van der Waals surface area contributed by atoms with E-state index in [1.807, 2.05) is 0 Å². The van der Waals surface area contributed by atoms with Crippen LogP contribution in [-0.2, 0) is 4.74 Å². The van der Waals surface area contributed by atoms with Gasteiger partial charge in [-0.3, -0.25) is 0 Å². The van der Waals surface area contributed by atoms with Crippen molar-refractivity contribution in [3.05, 3.63) is 53.3 Å². The summed E-state index contributed by atoms with van der Waals surface area (Å²) in [5.41, 5.74) is 0.487. The van der Waals surface area contributed by atoms with E-state index in [0.29, 0.717) is 12.2 Å². The number of rotatable bonds is 6. The minimum atomic E-state index is -1.75. The highest BCUT2D eigenvalue weighted by Crippen LogP contribution is 2.39. The van der Waals surface area contributed by atoms with Crippen molar-refractivity contribution in [2.24, 2.45) is 11.8 Å². The molecule has 27 heavy (non-hydrogen) atoms. The Morgan fingerprint density at radius 3 is 2.41 bits per heavy atom. The maximum Gasteiger partial charge on any atom is 0.200 e. The average Bonchev–Trinajstić information content (AvgIpc) is 2.67. The molecule has 0 aromatic heterocycles. The van der Waals surface area contributed by atoms with E-state index >= 15 is 0 Å². The van der Waals surface area contributed by atoms with Gasteiger partial charge in [0.05, 0.1) is 13.2 Å². The summed E-state index contributed by atoms with van der Waals surface area (Å²) >= 11 is 0. The van der Waals surface area contributed by atoms with Crippen LogP contribution < -0.4 is 4.74 Å². The zero-order valence-corrected chi connectivity index (χ0v) is 15.3. The second kappa shape index (κ2) is 8.81. The zero-order chi connectivity index (χ0) is 19.4. The molecule has 2 aliphatic rings. The van der Waals surface area contributed by atoms with Crippen LogP contribution in [0.4, 0.5) is 17.6 Å². The Hall–Kier alpha value is -1.98. The molecule has 2 nitrogen and oxygen atoms in total. The van der Waals surface area contributed by atoms with Crippen molar-refractivity contribution in [3.63, 3.8) is 0 Å². The molecule has 0 N–H and O–H groups in total. The molecule has 2 atom stereocenters. The van der Waals surface area contributed by atoms with E-state index in [2.05, 4.69) is 0 Å². The Morgan fingerprint density at radius 1 is 0.963 bits per heavy atom. The van der Waals surface area contributed by atoms with Gasteiger partial charge in [-0.2, -0.15) is 4.39 Å². The normalized spacial score (nSPS) is 28.3. The van der Waals surface area contributed by atoms with Crippen LogP contribution in [0.3, 0.4) is 0 Å². The minimum Gasteiger partial charge on any atom is -0.495 e. The summed E-state index contributed by atoms with van der Waals surface area (Å²) in [6.45, 7) is 2.32. The van der Waals surface area contributed by atoms with Crippen LogP contribution in [0.1, 0.15) is 32.6 Å². The lowest BCUT2D eigenvalue weighted by molar-refractivity contribution is 0.110. The Bertz CT molecular complexity index is 708. The highest BCUT2D eigenvalue weighted by atomic mass is 19.2. The maximum atomic E-state index is 14.5. The molecule has 1 saturated carbocycles. The van der Waals surface area contributed by atoms with Crippen molar-refractivity contribution in [1.82, 2.24) is 0 Å². The number of ether oxygens (including phenoxy) is 2. The van der Waals surface area contributed by atoms with E-state index < -0.39 is 24.0 Å². The van der Waals surface area contributed by atoms with Gasteiger partial charge in [0.25, 0.3) is 0 Å². The fourth-order valence-electron chi connectivity index (χ4n) is 3.80. The second-order valence-electron chi connectivity index (χ2n) is 7.05. The lowest BCUT2D eigenvalue weighted by atomic mass is 9.76. The molecule has 1 aromatic carbocycles. The lowest BCUT2D eigenvalue weighted by Gasteiger charge is -2.33. The summed E-state index contributed by atoms with van der Waals surface area (Å²) in [6.07, 6.45) is 2.73. The van der Waals surface area contributed by atoms with Crippen LogP contribution in [0, 0.1) is 23.5 Å². The van der Waals surface area contributed by atoms with Crippen LogP contribution in [0.5, 0.6) is 5.75 Å². The van der Waals surface area contributed by atoms with Crippen LogP contribution in [0.2, 0.25) is 0 Å². The third kappa shape index (κ3) is 4.47. The standard InChI is InChI=1S/C21H24F4O2/c1-2-26-18-11-10-15(19(23)21(18)25)14-8-6-13(7-9-14)12-27-17-5-3-4-16(22)20(17)24/h3-5,10-11,13-14,19,21H,2,6-9,12H2,1H3. The molecule has 0 aliphatic heterocycles. The molecule has 1 fully saturated rings. The van der Waals surface area contributed by atoms with E-state index in [-0.39, 0.29) is 30.0 Å². The van der Waals surface area contributed by atoms with Gasteiger partial charge in [-0.15, -0.1) is 0 Å². The third-order valence-electron chi connectivity index (χ3n) is 5.31. The minimum absolute atomic E-state index is 0.0140. The first-order valence-corrected chi connectivity index (χ1v) is 9.40. The molecule has 0 amide bonds. The number of alkyl halides is 2. The van der Waals surface area contributed by atoms with Gasteiger partial charge in [-0.1, -0.05) is 12.1 Å². The van der Waals surface area contributed by atoms with Crippen molar-refractivity contribution in [1.29, 1.82) is 0 Å². The quantitative estimate of drug-likeness (QED) is 0.587. The van der Waals surface area contributed by atoms with Gasteiger partial charge in [0.2, 0.25) is 5.82 Å². The number of halogens is 4. The van der Waals surface area contributed by atoms with Crippen molar-refractivity contribution < 1.29 is 27.0 Å². The van der Waals surface area contributed by atoms with Crippen LogP contribution in [0.15, 0.2) is 41.7 Å². The van der Waals surface area contributed by atoms with Crippen molar-refractivity contribution in [3.8, 4) is 5.75 Å². The second-order valence-corrected chi connectivity index (χ2v) is 7.05. The average molecular weight is 384 g/mol. The molecule has 0 saturated heterocycles. The van der Waals surface area contributed by atoms with Gasteiger partial charge in [-0.25, -0.2) is 13.2 Å². The predicted molar refractivity (Wildman–Crippen MR) is 94.9 cm³/mol. The first-order valence-electron chi connectivity index (χ1n) is 9.40. The topological polar surface area (TPSA) is 18.5 Å². The summed E-state index contributed by atoms with van der Waals surface area (Å²) in [5, 5.41) is 0. The van der Waals surface area contributed by atoms with E-state index in [0.717, 1.165) is 31.7 Å². The van der Waals surface area contributed by atoms with Crippen LogP contribution >= 0.6 is 0 Å². The Labute approximate surface area is 156 Å². The first kappa shape index (κ1) is 19.8. The third-order valence-corrected chi connectivity index (χ3v) is 5.31. The van der Waals surface area contributed by atoms with Gasteiger partial charge in [0.1, 0.15) is 5.76 Å². The lowest BCUT2D eigenvalue weighted by Crippen LogP contribution is -2.31. The van der Waals surface area contributed by atoms with Crippen LogP contribution in [0.25, 0.3) is 0 Å². The van der Waals surface area contributed by atoms with E-state index in [1.165, 1.54) is 18.2 Å². The Balaban J connectivity index is 1.54. The largest absolute Gasteiger partial charge is 0.495 e. The fourth-order valence-corrected chi connectivity index (χ4v) is 3.80. The zero-order valence-electron chi connectivity index (χ0n) is 15.3.